The summed E-state index contributed by atoms with van der Waals surface area (Å²) in [6.45, 7) is 7.31. The molecule has 1 rings (SSSR count). The first-order valence-electron chi connectivity index (χ1n) is 8.16. The summed E-state index contributed by atoms with van der Waals surface area (Å²) >= 11 is 0. The molecule has 1 fully saturated rings. The van der Waals surface area contributed by atoms with Gasteiger partial charge in [-0.2, -0.15) is 0 Å². The lowest BCUT2D eigenvalue weighted by atomic mass is 9.80. The van der Waals surface area contributed by atoms with E-state index in [1.165, 1.54) is 0 Å². The molecule has 0 aliphatic heterocycles. The van der Waals surface area contributed by atoms with Crippen molar-refractivity contribution in [2.24, 2.45) is 0 Å². The third kappa shape index (κ3) is 7.96. The highest BCUT2D eigenvalue weighted by Gasteiger charge is 2.34. The van der Waals surface area contributed by atoms with Crippen LogP contribution in [-0.2, 0) is 9.47 Å². The number of amides is 1. The van der Waals surface area contributed by atoms with E-state index in [1.54, 1.807) is 7.11 Å². The van der Waals surface area contributed by atoms with Crippen molar-refractivity contribution in [1.82, 2.24) is 10.6 Å². The largest absolute Gasteiger partial charge is 0.444 e. The third-order valence-corrected chi connectivity index (χ3v) is 3.77. The minimum atomic E-state index is -0.527. The minimum absolute atomic E-state index is 0.190. The summed E-state index contributed by atoms with van der Waals surface area (Å²) in [5.41, 5.74) is -0.997. The molecule has 0 saturated heterocycles. The molecule has 0 radical (unpaired) electrons. The van der Waals surface area contributed by atoms with Gasteiger partial charge in [0.2, 0.25) is 0 Å². The van der Waals surface area contributed by atoms with E-state index in [9.17, 15) is 9.90 Å². The summed E-state index contributed by atoms with van der Waals surface area (Å²) in [5, 5.41) is 16.2. The maximum Gasteiger partial charge on any atom is 0.407 e. The molecule has 22 heavy (non-hydrogen) atoms. The molecule has 1 aliphatic carbocycles. The molecule has 1 atom stereocenters. The van der Waals surface area contributed by atoms with Crippen LogP contribution in [0.4, 0.5) is 4.79 Å². The second kappa shape index (κ2) is 8.70. The van der Waals surface area contributed by atoms with E-state index in [2.05, 4.69) is 10.6 Å². The van der Waals surface area contributed by atoms with Gasteiger partial charge in [-0.1, -0.05) is 0 Å². The summed E-state index contributed by atoms with van der Waals surface area (Å²) in [4.78, 5) is 11.5. The molecule has 1 saturated carbocycles. The van der Waals surface area contributed by atoms with Crippen LogP contribution < -0.4 is 10.6 Å². The zero-order valence-electron chi connectivity index (χ0n) is 14.4. The van der Waals surface area contributed by atoms with Gasteiger partial charge < -0.3 is 25.2 Å². The smallest absolute Gasteiger partial charge is 0.407 e. The highest BCUT2D eigenvalue weighted by molar-refractivity contribution is 5.67. The molecular weight excluding hydrogens is 284 g/mol. The van der Waals surface area contributed by atoms with Crippen molar-refractivity contribution < 1.29 is 19.4 Å². The molecule has 6 nitrogen and oxygen atoms in total. The Morgan fingerprint density at radius 3 is 2.55 bits per heavy atom. The van der Waals surface area contributed by atoms with Crippen molar-refractivity contribution in [3.8, 4) is 0 Å². The van der Waals surface area contributed by atoms with Crippen LogP contribution in [0, 0.1) is 0 Å². The van der Waals surface area contributed by atoms with Gasteiger partial charge in [0.1, 0.15) is 5.60 Å². The Kier molecular flexibility index (Phi) is 7.59. The third-order valence-electron chi connectivity index (χ3n) is 3.77. The van der Waals surface area contributed by atoms with Crippen LogP contribution in [-0.4, -0.2) is 55.2 Å². The van der Waals surface area contributed by atoms with Gasteiger partial charge in [0.25, 0.3) is 0 Å². The second-order valence-corrected chi connectivity index (χ2v) is 7.18. The summed E-state index contributed by atoms with van der Waals surface area (Å²) < 4.78 is 10.4. The van der Waals surface area contributed by atoms with Crippen molar-refractivity contribution in [3.05, 3.63) is 0 Å². The highest BCUT2D eigenvalue weighted by Crippen LogP contribution is 2.30. The van der Waals surface area contributed by atoms with Gasteiger partial charge in [-0.25, -0.2) is 4.79 Å². The molecule has 0 aromatic carbocycles. The molecule has 1 amide bonds. The lowest BCUT2D eigenvalue weighted by Crippen LogP contribution is -2.50. The number of ether oxygens (including phenoxy) is 2. The van der Waals surface area contributed by atoms with Gasteiger partial charge in [-0.3, -0.25) is 0 Å². The average molecular weight is 316 g/mol. The monoisotopic (exact) mass is 316 g/mol. The first-order chi connectivity index (χ1) is 10.2. The van der Waals surface area contributed by atoms with Gasteiger partial charge >= 0.3 is 6.09 Å². The van der Waals surface area contributed by atoms with Crippen LogP contribution in [0.15, 0.2) is 0 Å². The van der Waals surface area contributed by atoms with E-state index >= 15 is 0 Å². The van der Waals surface area contributed by atoms with Crippen LogP contribution in [0.25, 0.3) is 0 Å². The van der Waals surface area contributed by atoms with Gasteiger partial charge in [0, 0.05) is 26.2 Å². The number of hydrogen-bond donors (Lipinski definition) is 3. The summed E-state index contributed by atoms with van der Waals surface area (Å²) in [6, 6.07) is 0.190. The zero-order valence-corrected chi connectivity index (χ0v) is 14.4. The van der Waals surface area contributed by atoms with Crippen molar-refractivity contribution >= 4 is 6.09 Å². The Morgan fingerprint density at radius 2 is 2.05 bits per heavy atom. The van der Waals surface area contributed by atoms with Crippen molar-refractivity contribution in [1.29, 1.82) is 0 Å². The maximum absolute atomic E-state index is 11.5. The van der Waals surface area contributed by atoms with E-state index < -0.39 is 11.2 Å². The van der Waals surface area contributed by atoms with Crippen LogP contribution >= 0.6 is 0 Å². The molecular formula is C16H32N2O4. The molecule has 1 unspecified atom stereocenters. The van der Waals surface area contributed by atoms with E-state index in [0.717, 1.165) is 32.1 Å². The Morgan fingerprint density at radius 1 is 1.36 bits per heavy atom. The Balaban J connectivity index is 2.16. The number of carbonyl (C=O) groups excluding carboxylic acids is 1. The number of aliphatic hydroxyl groups is 1. The molecule has 0 heterocycles. The number of carbonyl (C=O) groups is 1. The zero-order chi connectivity index (χ0) is 16.6. The Bertz CT molecular complexity index is 338. The predicted molar refractivity (Wildman–Crippen MR) is 85.9 cm³/mol. The normalized spacial score (nSPS) is 18.4. The topological polar surface area (TPSA) is 79.8 Å². The lowest BCUT2D eigenvalue weighted by molar-refractivity contribution is -0.0351. The molecule has 130 valence electrons. The van der Waals surface area contributed by atoms with Crippen LogP contribution in [0.1, 0.15) is 52.9 Å². The van der Waals surface area contributed by atoms with Crippen LogP contribution in [0.5, 0.6) is 0 Å². The molecule has 0 bridgehead atoms. The van der Waals surface area contributed by atoms with Gasteiger partial charge in [0.15, 0.2) is 0 Å². The molecule has 0 spiro atoms. The molecule has 6 heteroatoms. The molecule has 1 aliphatic rings. The van der Waals surface area contributed by atoms with E-state index in [-0.39, 0.29) is 12.1 Å². The van der Waals surface area contributed by atoms with E-state index in [0.29, 0.717) is 19.7 Å². The Labute approximate surface area is 133 Å². The molecule has 0 aromatic heterocycles. The number of hydrogen-bond acceptors (Lipinski definition) is 5. The minimum Gasteiger partial charge on any atom is -0.444 e. The predicted octanol–water partition coefficient (Wildman–Crippen LogP) is 1.81. The van der Waals surface area contributed by atoms with Gasteiger partial charge in [-0.15, -0.1) is 0 Å². The number of alkyl carbamates (subject to hydrolysis) is 1. The van der Waals surface area contributed by atoms with Gasteiger partial charge in [0.05, 0.1) is 12.2 Å². The number of rotatable bonds is 9. The SMILES string of the molecule is COCC(CCCNC(=O)OC(C)(C)C)NCC1(O)CCC1. The summed E-state index contributed by atoms with van der Waals surface area (Å²) in [7, 11) is 1.67. The fourth-order valence-electron chi connectivity index (χ4n) is 2.39. The van der Waals surface area contributed by atoms with E-state index in [4.69, 9.17) is 9.47 Å². The Hall–Kier alpha value is -0.850. The number of nitrogens with one attached hydrogen (secondary N) is 2. The van der Waals surface area contributed by atoms with Crippen molar-refractivity contribution in [2.75, 3.05) is 26.8 Å². The first-order valence-corrected chi connectivity index (χ1v) is 8.16. The number of methoxy groups -OCH3 is 1. The van der Waals surface area contributed by atoms with Crippen molar-refractivity contribution in [3.63, 3.8) is 0 Å². The van der Waals surface area contributed by atoms with Gasteiger partial charge in [-0.05, 0) is 52.9 Å². The first kappa shape index (κ1) is 19.2. The average Bonchev–Trinajstić information content (AvgIpc) is 2.36. The standard InChI is InChI=1S/C16H32N2O4/c1-15(2,3)22-14(19)17-10-5-7-13(11-21-4)18-12-16(20)8-6-9-16/h13,18,20H,5-12H2,1-4H3,(H,17,19). The van der Waals surface area contributed by atoms with E-state index in [1.807, 2.05) is 20.8 Å². The van der Waals surface area contributed by atoms with Crippen LogP contribution in [0.2, 0.25) is 0 Å². The summed E-state index contributed by atoms with van der Waals surface area (Å²) in [5.74, 6) is 0. The highest BCUT2D eigenvalue weighted by atomic mass is 16.6. The lowest BCUT2D eigenvalue weighted by Gasteiger charge is -2.38. The quantitative estimate of drug-likeness (QED) is 0.565. The summed E-state index contributed by atoms with van der Waals surface area (Å²) in [6.07, 6.45) is 4.18. The maximum atomic E-state index is 11.5. The fraction of sp³-hybridized carbons (Fsp3) is 0.938. The fourth-order valence-corrected chi connectivity index (χ4v) is 2.39. The molecule has 3 N–H and O–H groups in total. The molecule has 0 aromatic rings. The second-order valence-electron chi connectivity index (χ2n) is 7.18. The van der Waals surface area contributed by atoms with Crippen molar-refractivity contribution in [2.45, 2.75) is 70.1 Å². The van der Waals surface area contributed by atoms with Crippen LogP contribution in [0.3, 0.4) is 0 Å².